The number of rotatable bonds is 5. The zero-order chi connectivity index (χ0) is 20.8. The summed E-state index contributed by atoms with van der Waals surface area (Å²) in [6.45, 7) is 7.25. The third kappa shape index (κ3) is 5.70. The number of benzene rings is 2. The molecule has 7 heteroatoms. The standard InChI is InChI=1S/C22H27FN4O2/c1-16(2)15-24-21(28)17-3-7-19(8-4-17)25-22(29)27-13-11-26(12-14-27)20-9-5-18(23)6-10-20/h3-10,16H,11-15H2,1-2H3,(H,24,28)(H,25,29). The number of anilines is 2. The first-order valence-corrected chi connectivity index (χ1v) is 9.87. The fraction of sp³-hybridized carbons (Fsp3) is 0.364. The Morgan fingerprint density at radius 1 is 0.966 bits per heavy atom. The fourth-order valence-corrected chi connectivity index (χ4v) is 3.13. The molecule has 0 saturated carbocycles. The molecule has 0 unspecified atom stereocenters. The molecule has 2 aromatic rings. The third-order valence-electron chi connectivity index (χ3n) is 4.83. The van der Waals surface area contributed by atoms with Gasteiger partial charge >= 0.3 is 6.03 Å². The Kier molecular flexibility index (Phi) is 6.69. The molecule has 29 heavy (non-hydrogen) atoms. The second kappa shape index (κ2) is 9.41. The Morgan fingerprint density at radius 2 is 1.59 bits per heavy atom. The van der Waals surface area contributed by atoms with Gasteiger partial charge in [0, 0.05) is 49.7 Å². The Morgan fingerprint density at radius 3 is 2.17 bits per heavy atom. The predicted octanol–water partition coefficient (Wildman–Crippen LogP) is 3.57. The molecule has 3 rings (SSSR count). The molecule has 6 nitrogen and oxygen atoms in total. The van der Waals surface area contributed by atoms with E-state index in [1.54, 1.807) is 41.3 Å². The van der Waals surface area contributed by atoms with Crippen molar-refractivity contribution in [2.24, 2.45) is 5.92 Å². The largest absolute Gasteiger partial charge is 0.368 e. The van der Waals surface area contributed by atoms with Crippen LogP contribution in [0.25, 0.3) is 0 Å². The topological polar surface area (TPSA) is 64.7 Å². The Hall–Kier alpha value is -3.09. The molecule has 3 amide bonds. The van der Waals surface area contributed by atoms with Crippen molar-refractivity contribution in [1.29, 1.82) is 0 Å². The maximum absolute atomic E-state index is 13.1. The van der Waals surface area contributed by atoms with E-state index >= 15 is 0 Å². The lowest BCUT2D eigenvalue weighted by atomic mass is 10.1. The van der Waals surface area contributed by atoms with E-state index in [0.29, 0.717) is 49.9 Å². The second-order valence-electron chi connectivity index (χ2n) is 7.56. The molecule has 1 aliphatic heterocycles. The monoisotopic (exact) mass is 398 g/mol. The molecule has 154 valence electrons. The number of carbonyl (C=O) groups is 2. The average Bonchev–Trinajstić information content (AvgIpc) is 2.73. The summed E-state index contributed by atoms with van der Waals surface area (Å²) in [4.78, 5) is 28.5. The molecular formula is C22H27FN4O2. The minimum atomic E-state index is -0.254. The van der Waals surface area contributed by atoms with Crippen LogP contribution < -0.4 is 15.5 Å². The molecule has 1 aliphatic rings. The quantitative estimate of drug-likeness (QED) is 0.809. The summed E-state index contributed by atoms with van der Waals surface area (Å²) in [6.07, 6.45) is 0. The normalized spacial score (nSPS) is 14.1. The van der Waals surface area contributed by atoms with Gasteiger partial charge in [0.05, 0.1) is 0 Å². The Labute approximate surface area is 170 Å². The number of piperazine rings is 1. The van der Waals surface area contributed by atoms with E-state index in [4.69, 9.17) is 0 Å². The van der Waals surface area contributed by atoms with E-state index in [1.807, 2.05) is 13.8 Å². The number of amides is 3. The summed E-state index contributed by atoms with van der Waals surface area (Å²) < 4.78 is 13.1. The predicted molar refractivity (Wildman–Crippen MR) is 113 cm³/mol. The summed E-state index contributed by atoms with van der Waals surface area (Å²) in [7, 11) is 0. The highest BCUT2D eigenvalue weighted by atomic mass is 19.1. The van der Waals surface area contributed by atoms with Crippen LogP contribution in [-0.2, 0) is 0 Å². The van der Waals surface area contributed by atoms with Crippen molar-refractivity contribution in [2.75, 3.05) is 42.9 Å². The highest BCUT2D eigenvalue weighted by Gasteiger charge is 2.21. The number of hydrogen-bond acceptors (Lipinski definition) is 3. The molecule has 0 bridgehead atoms. The summed E-state index contributed by atoms with van der Waals surface area (Å²) in [5.41, 5.74) is 2.17. The molecule has 1 fully saturated rings. The van der Waals surface area contributed by atoms with E-state index in [-0.39, 0.29) is 17.8 Å². The molecule has 0 atom stereocenters. The van der Waals surface area contributed by atoms with Crippen molar-refractivity contribution in [3.63, 3.8) is 0 Å². The molecule has 2 aromatic carbocycles. The first kappa shape index (κ1) is 20.6. The maximum Gasteiger partial charge on any atom is 0.321 e. The van der Waals surface area contributed by atoms with Crippen molar-refractivity contribution in [3.05, 3.63) is 59.9 Å². The highest BCUT2D eigenvalue weighted by Crippen LogP contribution is 2.18. The van der Waals surface area contributed by atoms with Crippen molar-refractivity contribution < 1.29 is 14.0 Å². The van der Waals surface area contributed by atoms with Crippen LogP contribution in [-0.4, -0.2) is 49.6 Å². The zero-order valence-electron chi connectivity index (χ0n) is 16.8. The van der Waals surface area contributed by atoms with Crippen molar-refractivity contribution >= 4 is 23.3 Å². The molecule has 0 radical (unpaired) electrons. The van der Waals surface area contributed by atoms with Gasteiger partial charge in [0.1, 0.15) is 5.82 Å². The summed E-state index contributed by atoms with van der Waals surface area (Å²) >= 11 is 0. The maximum atomic E-state index is 13.1. The molecule has 1 saturated heterocycles. The lowest BCUT2D eigenvalue weighted by Gasteiger charge is -2.36. The number of halogens is 1. The van der Waals surface area contributed by atoms with Crippen molar-refractivity contribution in [3.8, 4) is 0 Å². The minimum absolute atomic E-state index is 0.117. The van der Waals surface area contributed by atoms with Gasteiger partial charge < -0.3 is 20.4 Å². The SMILES string of the molecule is CC(C)CNC(=O)c1ccc(NC(=O)N2CCN(c3ccc(F)cc3)CC2)cc1. The third-order valence-corrected chi connectivity index (χ3v) is 4.83. The summed E-state index contributed by atoms with van der Waals surface area (Å²) in [5, 5.41) is 5.75. The van der Waals surface area contributed by atoms with Gasteiger partial charge in [-0.15, -0.1) is 0 Å². The molecule has 0 spiro atoms. The van der Waals surface area contributed by atoms with E-state index in [0.717, 1.165) is 5.69 Å². The van der Waals surface area contributed by atoms with Gasteiger partial charge in [0.2, 0.25) is 0 Å². The van der Waals surface area contributed by atoms with Crippen LogP contribution in [0.5, 0.6) is 0 Å². The van der Waals surface area contributed by atoms with Crippen LogP contribution in [0.3, 0.4) is 0 Å². The molecule has 0 aliphatic carbocycles. The molecule has 1 heterocycles. The average molecular weight is 398 g/mol. The molecule has 0 aromatic heterocycles. The number of hydrogen-bond donors (Lipinski definition) is 2. The van der Waals surface area contributed by atoms with E-state index in [2.05, 4.69) is 15.5 Å². The van der Waals surface area contributed by atoms with Crippen LogP contribution >= 0.6 is 0 Å². The van der Waals surface area contributed by atoms with Gasteiger partial charge in [-0.1, -0.05) is 13.8 Å². The first-order chi connectivity index (χ1) is 13.9. The Balaban J connectivity index is 1.49. The van der Waals surface area contributed by atoms with Crippen LogP contribution in [0.15, 0.2) is 48.5 Å². The highest BCUT2D eigenvalue weighted by molar-refractivity contribution is 5.95. The van der Waals surface area contributed by atoms with Crippen molar-refractivity contribution in [2.45, 2.75) is 13.8 Å². The van der Waals surface area contributed by atoms with Crippen LogP contribution in [0.1, 0.15) is 24.2 Å². The lowest BCUT2D eigenvalue weighted by Crippen LogP contribution is -2.50. The molecule has 2 N–H and O–H groups in total. The van der Waals surface area contributed by atoms with Gasteiger partial charge in [-0.3, -0.25) is 4.79 Å². The number of nitrogens with zero attached hydrogens (tertiary/aromatic N) is 2. The zero-order valence-corrected chi connectivity index (χ0v) is 16.8. The molecular weight excluding hydrogens is 371 g/mol. The van der Waals surface area contributed by atoms with Gasteiger partial charge in [0.15, 0.2) is 0 Å². The minimum Gasteiger partial charge on any atom is -0.368 e. The summed E-state index contributed by atoms with van der Waals surface area (Å²) in [5.74, 6) is 0.0183. The van der Waals surface area contributed by atoms with Crippen molar-refractivity contribution in [1.82, 2.24) is 10.2 Å². The van der Waals surface area contributed by atoms with E-state index in [1.165, 1.54) is 12.1 Å². The van der Waals surface area contributed by atoms with Crippen LogP contribution in [0.4, 0.5) is 20.6 Å². The van der Waals surface area contributed by atoms with Crippen LogP contribution in [0, 0.1) is 11.7 Å². The van der Waals surface area contributed by atoms with Gasteiger partial charge in [-0.2, -0.15) is 0 Å². The van der Waals surface area contributed by atoms with Crippen LogP contribution in [0.2, 0.25) is 0 Å². The lowest BCUT2D eigenvalue weighted by molar-refractivity contribution is 0.0949. The van der Waals surface area contributed by atoms with Gasteiger partial charge in [-0.05, 0) is 54.4 Å². The summed E-state index contributed by atoms with van der Waals surface area (Å²) in [6, 6.07) is 13.1. The second-order valence-corrected chi connectivity index (χ2v) is 7.56. The van der Waals surface area contributed by atoms with E-state index < -0.39 is 0 Å². The Bertz CT molecular complexity index is 829. The number of nitrogens with one attached hydrogen (secondary N) is 2. The first-order valence-electron chi connectivity index (χ1n) is 9.87. The smallest absolute Gasteiger partial charge is 0.321 e. The number of carbonyl (C=O) groups excluding carboxylic acids is 2. The van der Waals surface area contributed by atoms with Gasteiger partial charge in [-0.25, -0.2) is 9.18 Å². The number of urea groups is 1. The van der Waals surface area contributed by atoms with Gasteiger partial charge in [0.25, 0.3) is 5.91 Å². The van der Waals surface area contributed by atoms with E-state index in [9.17, 15) is 14.0 Å². The fourth-order valence-electron chi connectivity index (χ4n) is 3.13.